The van der Waals surface area contributed by atoms with Crippen molar-refractivity contribution in [2.75, 3.05) is 11.9 Å². The minimum atomic E-state index is -0.255. The second-order valence-electron chi connectivity index (χ2n) is 6.45. The first-order valence-electron chi connectivity index (χ1n) is 8.32. The number of para-hydroxylation sites is 1. The third-order valence-electron chi connectivity index (χ3n) is 4.57. The Bertz CT molecular complexity index is 743. The number of ether oxygens (including phenoxy) is 1. The fourth-order valence-corrected chi connectivity index (χ4v) is 3.03. The minimum absolute atomic E-state index is 0.0414. The lowest BCUT2D eigenvalue weighted by Gasteiger charge is -2.20. The molecule has 2 aromatic rings. The van der Waals surface area contributed by atoms with Gasteiger partial charge in [0.15, 0.2) is 0 Å². The molecule has 24 heavy (non-hydrogen) atoms. The van der Waals surface area contributed by atoms with Crippen molar-refractivity contribution in [1.29, 1.82) is 0 Å². The van der Waals surface area contributed by atoms with Gasteiger partial charge in [0.2, 0.25) is 0 Å². The van der Waals surface area contributed by atoms with Crippen LogP contribution in [0.1, 0.15) is 43.0 Å². The summed E-state index contributed by atoms with van der Waals surface area (Å²) in [5, 5.41) is 5.77. The van der Waals surface area contributed by atoms with Gasteiger partial charge < -0.3 is 15.4 Å². The van der Waals surface area contributed by atoms with E-state index in [-0.39, 0.29) is 18.0 Å². The van der Waals surface area contributed by atoms with E-state index in [9.17, 15) is 4.79 Å². The lowest BCUT2D eigenvalue weighted by atomic mass is 9.94. The van der Waals surface area contributed by atoms with Crippen LogP contribution in [0.5, 0.6) is 5.75 Å². The van der Waals surface area contributed by atoms with Gasteiger partial charge in [-0.15, -0.1) is 0 Å². The molecule has 2 aliphatic rings. The summed E-state index contributed by atoms with van der Waals surface area (Å²) in [5.74, 6) is 2.44. The Morgan fingerprint density at radius 2 is 2.00 bits per heavy atom. The van der Waals surface area contributed by atoms with E-state index < -0.39 is 0 Å². The third kappa shape index (κ3) is 3.04. The minimum Gasteiger partial charge on any atom is -0.493 e. The molecule has 4 rings (SSSR count). The van der Waals surface area contributed by atoms with Crippen LogP contribution in [0.3, 0.4) is 0 Å². The van der Waals surface area contributed by atoms with E-state index in [0.717, 1.165) is 30.0 Å². The summed E-state index contributed by atoms with van der Waals surface area (Å²) >= 11 is 0. The molecule has 0 radical (unpaired) electrons. The molecule has 1 aliphatic carbocycles. The molecular weight excluding hydrogens is 304 g/mol. The van der Waals surface area contributed by atoms with Gasteiger partial charge in [0, 0.05) is 23.4 Å². The number of carbonyl (C=O) groups is 1. The zero-order valence-electron chi connectivity index (χ0n) is 13.5. The molecule has 0 saturated heterocycles. The van der Waals surface area contributed by atoms with E-state index in [0.29, 0.717) is 18.2 Å². The quantitative estimate of drug-likeness (QED) is 0.906. The van der Waals surface area contributed by atoms with Gasteiger partial charge in [-0.05, 0) is 25.8 Å². The number of hydrogen-bond acceptors (Lipinski definition) is 4. The molecule has 2 heterocycles. The molecule has 1 aromatic heterocycles. The summed E-state index contributed by atoms with van der Waals surface area (Å²) in [7, 11) is 0. The molecule has 0 spiro atoms. The molecule has 2 atom stereocenters. The average Bonchev–Trinajstić information content (AvgIpc) is 3.34. The molecule has 1 aromatic carbocycles. The molecule has 124 valence electrons. The maximum atomic E-state index is 12.2. The molecular formula is C18H20N4O2. The van der Waals surface area contributed by atoms with Crippen molar-refractivity contribution < 1.29 is 9.53 Å². The van der Waals surface area contributed by atoms with Crippen molar-refractivity contribution in [3.63, 3.8) is 0 Å². The predicted octanol–water partition coefficient (Wildman–Crippen LogP) is 3.04. The fraction of sp³-hybridized carbons (Fsp3) is 0.389. The summed E-state index contributed by atoms with van der Waals surface area (Å²) < 4.78 is 5.68. The summed E-state index contributed by atoms with van der Waals surface area (Å²) in [6, 6.07) is 7.66. The first-order chi connectivity index (χ1) is 11.7. The second-order valence-corrected chi connectivity index (χ2v) is 6.45. The molecule has 0 unspecified atom stereocenters. The smallest absolute Gasteiger partial charge is 0.319 e. The van der Waals surface area contributed by atoms with Gasteiger partial charge in [0.1, 0.15) is 11.6 Å². The average molecular weight is 324 g/mol. The number of aromatic nitrogens is 2. The second kappa shape index (κ2) is 6.11. The zero-order valence-corrected chi connectivity index (χ0v) is 13.5. The Hall–Kier alpha value is -2.63. The number of hydrogen-bond donors (Lipinski definition) is 2. The highest BCUT2D eigenvalue weighted by molar-refractivity contribution is 5.89. The monoisotopic (exact) mass is 324 g/mol. The van der Waals surface area contributed by atoms with Crippen molar-refractivity contribution in [2.24, 2.45) is 0 Å². The van der Waals surface area contributed by atoms with Crippen molar-refractivity contribution in [2.45, 2.75) is 37.6 Å². The predicted molar refractivity (Wildman–Crippen MR) is 90.3 cm³/mol. The maximum Gasteiger partial charge on any atom is 0.319 e. The van der Waals surface area contributed by atoms with Crippen LogP contribution >= 0.6 is 0 Å². The van der Waals surface area contributed by atoms with Crippen LogP contribution in [-0.4, -0.2) is 28.6 Å². The summed E-state index contributed by atoms with van der Waals surface area (Å²) in [5.41, 5.74) is 1.74. The first-order valence-corrected chi connectivity index (χ1v) is 8.32. The van der Waals surface area contributed by atoms with Crippen LogP contribution in [0.2, 0.25) is 0 Å². The van der Waals surface area contributed by atoms with E-state index in [2.05, 4.69) is 20.6 Å². The van der Waals surface area contributed by atoms with E-state index >= 15 is 0 Å². The van der Waals surface area contributed by atoms with E-state index in [4.69, 9.17) is 4.74 Å². The third-order valence-corrected chi connectivity index (χ3v) is 4.57. The van der Waals surface area contributed by atoms with Crippen LogP contribution < -0.4 is 15.4 Å². The number of benzene rings is 1. The normalized spacial score (nSPS) is 20.0. The number of nitrogens with zero attached hydrogens (tertiary/aromatic N) is 2. The Kier molecular flexibility index (Phi) is 3.80. The van der Waals surface area contributed by atoms with Crippen LogP contribution in [0, 0.1) is 0 Å². The van der Waals surface area contributed by atoms with Crippen molar-refractivity contribution in [3.8, 4) is 5.75 Å². The van der Waals surface area contributed by atoms with Gasteiger partial charge in [-0.1, -0.05) is 18.2 Å². The number of amides is 2. The molecule has 2 N–H and O–H groups in total. The van der Waals surface area contributed by atoms with Gasteiger partial charge in [0.25, 0.3) is 0 Å². The van der Waals surface area contributed by atoms with E-state index in [1.54, 1.807) is 12.4 Å². The van der Waals surface area contributed by atoms with Crippen LogP contribution in [0.15, 0.2) is 36.7 Å². The van der Waals surface area contributed by atoms with E-state index in [1.807, 2.05) is 31.2 Å². The lowest BCUT2D eigenvalue weighted by Crippen LogP contribution is -2.40. The van der Waals surface area contributed by atoms with E-state index in [1.165, 1.54) is 0 Å². The van der Waals surface area contributed by atoms with Gasteiger partial charge in [-0.3, -0.25) is 0 Å². The largest absolute Gasteiger partial charge is 0.493 e. The Balaban J connectivity index is 1.35. The molecule has 0 bridgehead atoms. The molecule has 1 fully saturated rings. The van der Waals surface area contributed by atoms with Crippen LogP contribution in [0.4, 0.5) is 10.5 Å². The molecule has 1 aliphatic heterocycles. The van der Waals surface area contributed by atoms with Crippen molar-refractivity contribution >= 4 is 11.7 Å². The molecule has 6 heteroatoms. The van der Waals surface area contributed by atoms with Gasteiger partial charge >= 0.3 is 6.03 Å². The fourth-order valence-electron chi connectivity index (χ4n) is 3.03. The van der Waals surface area contributed by atoms with Crippen LogP contribution in [0.25, 0.3) is 0 Å². The number of anilines is 1. The summed E-state index contributed by atoms with van der Waals surface area (Å²) in [6.07, 6.45) is 5.66. The molecule has 1 saturated carbocycles. The molecule has 6 nitrogen and oxygen atoms in total. The Morgan fingerprint density at radius 3 is 2.75 bits per heavy atom. The molecule has 2 amide bonds. The Morgan fingerprint density at radius 1 is 1.25 bits per heavy atom. The zero-order chi connectivity index (χ0) is 16.5. The SMILES string of the molecule is C[C@@H](NC(=O)Nc1cnc(C2CC2)nc1)[C@@H]1COc2ccccc21. The highest BCUT2D eigenvalue weighted by Gasteiger charge is 2.29. The van der Waals surface area contributed by atoms with Gasteiger partial charge in [0.05, 0.1) is 24.7 Å². The Labute approximate surface area is 140 Å². The lowest BCUT2D eigenvalue weighted by molar-refractivity contribution is 0.244. The topological polar surface area (TPSA) is 76.1 Å². The number of fused-ring (bicyclic) bond motifs is 1. The van der Waals surface area contributed by atoms with Gasteiger partial charge in [-0.25, -0.2) is 14.8 Å². The number of carbonyl (C=O) groups excluding carboxylic acids is 1. The highest BCUT2D eigenvalue weighted by Crippen LogP contribution is 2.38. The maximum absolute atomic E-state index is 12.2. The van der Waals surface area contributed by atoms with Crippen molar-refractivity contribution in [1.82, 2.24) is 15.3 Å². The summed E-state index contributed by atoms with van der Waals surface area (Å²) in [4.78, 5) is 20.8. The van der Waals surface area contributed by atoms with Gasteiger partial charge in [-0.2, -0.15) is 0 Å². The first kappa shape index (κ1) is 14.9. The van der Waals surface area contributed by atoms with Crippen LogP contribution in [-0.2, 0) is 0 Å². The number of rotatable bonds is 4. The number of urea groups is 1. The summed E-state index contributed by atoms with van der Waals surface area (Å²) in [6.45, 7) is 2.57. The van der Waals surface area contributed by atoms with Crippen molar-refractivity contribution in [3.05, 3.63) is 48.0 Å². The highest BCUT2D eigenvalue weighted by atomic mass is 16.5. The standard InChI is InChI=1S/C18H20N4O2/c1-11(15-10-24-16-5-3-2-4-14(15)16)21-18(23)22-13-8-19-17(20-9-13)12-6-7-12/h2-5,8-9,11-12,15H,6-7,10H2,1H3,(H2,21,22,23)/t11-,15+/m1/s1. The number of nitrogens with one attached hydrogen (secondary N) is 2.